The number of sulfonamides is 1. The lowest BCUT2D eigenvalue weighted by molar-refractivity contribution is 0.297. The van der Waals surface area contributed by atoms with Crippen LogP contribution in [0.2, 0.25) is 0 Å². The van der Waals surface area contributed by atoms with Crippen molar-refractivity contribution in [3.05, 3.63) is 29.3 Å². The first-order valence-electron chi connectivity index (χ1n) is 8.84. The summed E-state index contributed by atoms with van der Waals surface area (Å²) in [7, 11) is -3.28. The highest BCUT2D eigenvalue weighted by molar-refractivity contribution is 7.89. The summed E-state index contributed by atoms with van der Waals surface area (Å²) in [6.45, 7) is 5.24. The van der Waals surface area contributed by atoms with Crippen molar-refractivity contribution in [3.8, 4) is 5.75 Å². The molecule has 0 amide bonds. The largest absolute Gasteiger partial charge is 0.493 e. The Labute approximate surface area is 146 Å². The fraction of sp³-hybridized carbons (Fsp3) is 0.667. The molecule has 24 heavy (non-hydrogen) atoms. The van der Waals surface area contributed by atoms with Crippen LogP contribution in [0.15, 0.2) is 18.2 Å². The Hall–Kier alpha value is -1.11. The van der Waals surface area contributed by atoms with E-state index in [0.717, 1.165) is 36.3 Å². The third-order valence-electron chi connectivity index (χ3n) is 4.36. The molecule has 3 N–H and O–H groups in total. The molecule has 0 aliphatic heterocycles. The maximum atomic E-state index is 12.2. The first kappa shape index (κ1) is 19.2. The molecular formula is C18H30N2O3S. The minimum Gasteiger partial charge on any atom is -0.493 e. The Morgan fingerprint density at radius 2 is 2.04 bits per heavy atom. The Bertz CT molecular complexity index is 627. The third-order valence-corrected chi connectivity index (χ3v) is 5.90. The molecule has 0 saturated heterocycles. The van der Waals surface area contributed by atoms with E-state index < -0.39 is 10.0 Å². The van der Waals surface area contributed by atoms with Gasteiger partial charge in [-0.1, -0.05) is 18.6 Å². The van der Waals surface area contributed by atoms with Crippen molar-refractivity contribution in [3.63, 3.8) is 0 Å². The van der Waals surface area contributed by atoms with Crippen molar-refractivity contribution >= 4 is 10.0 Å². The van der Waals surface area contributed by atoms with Gasteiger partial charge in [0.15, 0.2) is 0 Å². The van der Waals surface area contributed by atoms with Gasteiger partial charge in [-0.3, -0.25) is 0 Å². The van der Waals surface area contributed by atoms with Gasteiger partial charge >= 0.3 is 0 Å². The third kappa shape index (κ3) is 6.42. The van der Waals surface area contributed by atoms with Crippen LogP contribution in [0.25, 0.3) is 0 Å². The zero-order valence-electron chi connectivity index (χ0n) is 14.8. The lowest BCUT2D eigenvalue weighted by Gasteiger charge is -2.17. The standard InChI is InChI=1S/C18H30N2O3S/c1-14-6-9-17(12-18(14)23-13-16-7-8-16)15(2)20-24(21,22)11-5-3-4-10-19/h6,9,12,15-16,20H,3-5,7-8,10-11,13,19H2,1-2H3. The number of rotatable bonds is 11. The van der Waals surface area contributed by atoms with E-state index >= 15 is 0 Å². The normalized spacial score (nSPS) is 16.1. The van der Waals surface area contributed by atoms with Crippen LogP contribution in [0.3, 0.4) is 0 Å². The summed E-state index contributed by atoms with van der Waals surface area (Å²) in [5.74, 6) is 1.69. The molecule has 1 saturated carbocycles. The van der Waals surface area contributed by atoms with Crippen molar-refractivity contribution in [1.29, 1.82) is 0 Å². The number of aryl methyl sites for hydroxylation is 1. The zero-order valence-corrected chi connectivity index (χ0v) is 15.6. The summed E-state index contributed by atoms with van der Waals surface area (Å²) in [5, 5.41) is 0. The molecule has 1 aromatic rings. The first-order chi connectivity index (χ1) is 11.4. The van der Waals surface area contributed by atoms with Gasteiger partial charge in [0.1, 0.15) is 5.75 Å². The number of nitrogens with two attached hydrogens (primary N) is 1. The highest BCUT2D eigenvalue weighted by Crippen LogP contribution is 2.31. The van der Waals surface area contributed by atoms with Gasteiger partial charge in [-0.25, -0.2) is 13.1 Å². The number of unbranched alkanes of at least 4 members (excludes halogenated alkanes) is 2. The van der Waals surface area contributed by atoms with Gasteiger partial charge in [-0.2, -0.15) is 0 Å². The van der Waals surface area contributed by atoms with E-state index in [1.807, 2.05) is 32.0 Å². The van der Waals surface area contributed by atoms with E-state index in [9.17, 15) is 8.42 Å². The van der Waals surface area contributed by atoms with Crippen molar-refractivity contribution < 1.29 is 13.2 Å². The summed E-state index contributed by atoms with van der Waals surface area (Å²) in [5.41, 5.74) is 7.44. The maximum Gasteiger partial charge on any atom is 0.212 e. The van der Waals surface area contributed by atoms with Gasteiger partial charge in [0.05, 0.1) is 12.4 Å². The summed E-state index contributed by atoms with van der Waals surface area (Å²) in [6, 6.07) is 5.64. The molecule has 0 radical (unpaired) electrons. The van der Waals surface area contributed by atoms with Crippen molar-refractivity contribution in [1.82, 2.24) is 4.72 Å². The molecule has 1 aromatic carbocycles. The summed E-state index contributed by atoms with van der Waals surface area (Å²) in [4.78, 5) is 0. The van der Waals surface area contributed by atoms with Gasteiger partial charge in [0, 0.05) is 6.04 Å². The van der Waals surface area contributed by atoms with E-state index in [1.165, 1.54) is 12.8 Å². The molecule has 0 spiro atoms. The van der Waals surface area contributed by atoms with E-state index in [2.05, 4.69) is 4.72 Å². The first-order valence-corrected chi connectivity index (χ1v) is 10.5. The average Bonchev–Trinajstić information content (AvgIpc) is 3.34. The highest BCUT2D eigenvalue weighted by atomic mass is 32.2. The molecule has 5 nitrogen and oxygen atoms in total. The lowest BCUT2D eigenvalue weighted by Crippen LogP contribution is -2.29. The molecule has 0 bridgehead atoms. The number of nitrogens with one attached hydrogen (secondary N) is 1. The van der Waals surface area contributed by atoms with Gasteiger partial charge in [-0.05, 0) is 69.2 Å². The van der Waals surface area contributed by atoms with Crippen LogP contribution in [0, 0.1) is 12.8 Å². The second kappa shape index (κ2) is 8.83. The molecule has 6 heteroatoms. The molecule has 136 valence electrons. The predicted octanol–water partition coefficient (Wildman–Crippen LogP) is 2.89. The fourth-order valence-corrected chi connectivity index (χ4v) is 3.92. The quantitative estimate of drug-likeness (QED) is 0.599. The molecular weight excluding hydrogens is 324 g/mol. The van der Waals surface area contributed by atoms with Crippen molar-refractivity contribution in [2.75, 3.05) is 18.9 Å². The smallest absolute Gasteiger partial charge is 0.212 e. The zero-order chi connectivity index (χ0) is 17.6. The summed E-state index contributed by atoms with van der Waals surface area (Å²) < 4.78 is 33.0. The van der Waals surface area contributed by atoms with Gasteiger partial charge in [0.25, 0.3) is 0 Å². The van der Waals surface area contributed by atoms with Crippen LogP contribution in [0.5, 0.6) is 5.75 Å². The van der Waals surface area contributed by atoms with Crippen LogP contribution < -0.4 is 15.2 Å². The average molecular weight is 355 g/mol. The van der Waals surface area contributed by atoms with Crippen molar-refractivity contribution in [2.24, 2.45) is 11.7 Å². The monoisotopic (exact) mass is 354 g/mol. The molecule has 1 aliphatic rings. The van der Waals surface area contributed by atoms with E-state index in [-0.39, 0.29) is 11.8 Å². The summed E-state index contributed by atoms with van der Waals surface area (Å²) >= 11 is 0. The molecule has 1 aliphatic carbocycles. The molecule has 0 aromatic heterocycles. The lowest BCUT2D eigenvalue weighted by atomic mass is 10.1. The molecule has 1 unspecified atom stereocenters. The molecule has 2 rings (SSSR count). The van der Waals surface area contributed by atoms with Crippen LogP contribution >= 0.6 is 0 Å². The van der Waals surface area contributed by atoms with Gasteiger partial charge in [0.2, 0.25) is 10.0 Å². The minimum absolute atomic E-state index is 0.147. The Balaban J connectivity index is 1.92. The van der Waals surface area contributed by atoms with Crippen LogP contribution in [-0.2, 0) is 10.0 Å². The molecule has 1 fully saturated rings. The Kier molecular flexibility index (Phi) is 7.07. The van der Waals surface area contributed by atoms with Crippen molar-refractivity contribution in [2.45, 2.75) is 52.0 Å². The Morgan fingerprint density at radius 1 is 1.29 bits per heavy atom. The minimum atomic E-state index is -3.28. The summed E-state index contributed by atoms with van der Waals surface area (Å²) in [6.07, 6.45) is 4.85. The predicted molar refractivity (Wildman–Crippen MR) is 97.6 cm³/mol. The number of benzene rings is 1. The second-order valence-electron chi connectivity index (χ2n) is 6.79. The SMILES string of the molecule is Cc1ccc(C(C)NS(=O)(=O)CCCCCN)cc1OCC1CC1. The van der Waals surface area contributed by atoms with Crippen LogP contribution in [-0.4, -0.2) is 27.3 Å². The number of hydrogen-bond donors (Lipinski definition) is 2. The topological polar surface area (TPSA) is 81.4 Å². The van der Waals surface area contributed by atoms with Crippen LogP contribution in [0.4, 0.5) is 0 Å². The molecule has 1 atom stereocenters. The second-order valence-corrected chi connectivity index (χ2v) is 8.66. The number of ether oxygens (including phenoxy) is 1. The van der Waals surface area contributed by atoms with Gasteiger partial charge < -0.3 is 10.5 Å². The number of hydrogen-bond acceptors (Lipinski definition) is 4. The highest BCUT2D eigenvalue weighted by Gasteiger charge is 2.22. The van der Waals surface area contributed by atoms with E-state index in [1.54, 1.807) is 0 Å². The Morgan fingerprint density at radius 3 is 2.71 bits per heavy atom. The fourth-order valence-electron chi connectivity index (χ4n) is 2.54. The van der Waals surface area contributed by atoms with E-state index in [0.29, 0.717) is 18.9 Å². The van der Waals surface area contributed by atoms with Gasteiger partial charge in [-0.15, -0.1) is 0 Å². The van der Waals surface area contributed by atoms with E-state index in [4.69, 9.17) is 10.5 Å². The van der Waals surface area contributed by atoms with Crippen LogP contribution in [0.1, 0.15) is 56.2 Å². The molecule has 0 heterocycles. The maximum absolute atomic E-state index is 12.2.